The summed E-state index contributed by atoms with van der Waals surface area (Å²) in [5.74, 6) is -0.554. The van der Waals surface area contributed by atoms with Crippen LogP contribution >= 0.6 is 11.6 Å². The van der Waals surface area contributed by atoms with E-state index in [9.17, 15) is 18.0 Å². The van der Waals surface area contributed by atoms with Gasteiger partial charge in [-0.2, -0.15) is 31.9 Å². The molecule has 0 aliphatic carbocycles. The highest BCUT2D eigenvalue weighted by atomic mass is 35.5. The molecule has 0 radical (unpaired) electrons. The van der Waals surface area contributed by atoms with Gasteiger partial charge in [-0.3, -0.25) is 14.3 Å². The number of nitrogens with zero attached hydrogens (tertiary/aromatic N) is 6. The van der Waals surface area contributed by atoms with Crippen molar-refractivity contribution in [1.29, 1.82) is 0 Å². The van der Waals surface area contributed by atoms with E-state index in [1.165, 1.54) is 39.7 Å². The first-order chi connectivity index (χ1) is 16.9. The Morgan fingerprint density at radius 3 is 2.36 bits per heavy atom. The van der Waals surface area contributed by atoms with Crippen LogP contribution in [0.4, 0.5) is 0 Å². The van der Waals surface area contributed by atoms with Crippen LogP contribution < -0.4 is 10.9 Å². The number of aromatic nitrogens is 4. The molecule has 11 nitrogen and oxygen atoms in total. The molecule has 1 fully saturated rings. The van der Waals surface area contributed by atoms with Crippen LogP contribution in [0.3, 0.4) is 0 Å². The smallest absolute Gasteiger partial charge is 0.284 e. The molecule has 0 atom stereocenters. The van der Waals surface area contributed by atoms with Crippen molar-refractivity contribution in [1.82, 2.24) is 33.5 Å². The maximum atomic E-state index is 13.4. The second-order valence-corrected chi connectivity index (χ2v) is 11.8. The van der Waals surface area contributed by atoms with Crippen LogP contribution in [0.15, 0.2) is 47.5 Å². The van der Waals surface area contributed by atoms with E-state index in [1.807, 2.05) is 6.92 Å². The van der Waals surface area contributed by atoms with Gasteiger partial charge in [-0.25, -0.2) is 0 Å². The van der Waals surface area contributed by atoms with E-state index in [1.54, 1.807) is 37.5 Å². The highest BCUT2D eigenvalue weighted by Crippen LogP contribution is 2.25. The maximum absolute atomic E-state index is 13.4. The van der Waals surface area contributed by atoms with Crippen molar-refractivity contribution in [2.24, 2.45) is 7.05 Å². The van der Waals surface area contributed by atoms with E-state index >= 15 is 0 Å². The van der Waals surface area contributed by atoms with Gasteiger partial charge in [-0.15, -0.1) is 0 Å². The number of hydrogen-bond acceptors (Lipinski definition) is 6. The lowest BCUT2D eigenvalue weighted by Crippen LogP contribution is -2.56. The predicted octanol–water partition coefficient (Wildman–Crippen LogP) is 1.68. The molecule has 0 saturated carbocycles. The molecule has 13 heteroatoms. The minimum absolute atomic E-state index is 0.0802. The van der Waals surface area contributed by atoms with Crippen LogP contribution in [0.1, 0.15) is 30.1 Å². The average molecular weight is 534 g/mol. The van der Waals surface area contributed by atoms with Gasteiger partial charge in [0.1, 0.15) is 11.3 Å². The highest BCUT2D eigenvalue weighted by Gasteiger charge is 2.37. The van der Waals surface area contributed by atoms with Crippen LogP contribution in [-0.2, 0) is 17.3 Å². The number of amides is 1. The molecule has 192 valence electrons. The zero-order valence-corrected chi connectivity index (χ0v) is 22.0. The molecular weight excluding hydrogens is 506 g/mol. The third kappa shape index (κ3) is 5.21. The number of aryl methyl sites for hydroxylation is 1. The number of hydrogen-bond donors (Lipinski definition) is 1. The summed E-state index contributed by atoms with van der Waals surface area (Å²) in [6.07, 6.45) is 3.92. The Balaban J connectivity index is 1.66. The summed E-state index contributed by atoms with van der Waals surface area (Å²) in [5, 5.41) is 12.1. The number of benzene rings is 1. The number of piperidine rings is 1. The Hall–Kier alpha value is -3.06. The molecule has 1 aromatic carbocycles. The molecule has 4 rings (SSSR count). The largest absolute Gasteiger partial charge is 0.347 e. The lowest BCUT2D eigenvalue weighted by atomic mass is 9.90. The van der Waals surface area contributed by atoms with Gasteiger partial charge in [-0.05, 0) is 38.0 Å². The minimum Gasteiger partial charge on any atom is -0.347 e. The molecule has 2 aromatic heterocycles. The normalized spacial score (nSPS) is 16.3. The van der Waals surface area contributed by atoms with Crippen molar-refractivity contribution in [3.8, 4) is 16.9 Å². The standard InChI is InChI=1S/C23H28ClN7O4S/c1-23(9-11-30(12-10-23)36(34,35)28(2)3)26-21(32)19-13-20(16-5-7-17(24)8-6-16)27-31(22(19)33)18-14-25-29(4)15-18/h5-8,13-15H,9-12H2,1-4H3,(H,26,32). The fourth-order valence-corrected chi connectivity index (χ4v) is 5.25. The van der Waals surface area contributed by atoms with Crippen LogP contribution in [0.5, 0.6) is 0 Å². The first kappa shape index (κ1) is 26.0. The Kier molecular flexibility index (Phi) is 7.06. The summed E-state index contributed by atoms with van der Waals surface area (Å²) >= 11 is 6.02. The van der Waals surface area contributed by atoms with Crippen LogP contribution in [0.25, 0.3) is 16.9 Å². The van der Waals surface area contributed by atoms with E-state index in [2.05, 4.69) is 15.5 Å². The van der Waals surface area contributed by atoms with Gasteiger partial charge in [0.2, 0.25) is 0 Å². The molecule has 3 aromatic rings. The Morgan fingerprint density at radius 1 is 1.17 bits per heavy atom. The molecule has 1 aliphatic heterocycles. The van der Waals surface area contributed by atoms with Crippen molar-refractivity contribution in [2.75, 3.05) is 27.2 Å². The topological polar surface area (TPSA) is 122 Å². The van der Waals surface area contributed by atoms with Gasteiger partial charge in [0.25, 0.3) is 21.7 Å². The zero-order chi connectivity index (χ0) is 26.3. The van der Waals surface area contributed by atoms with Crippen molar-refractivity contribution in [3.63, 3.8) is 0 Å². The minimum atomic E-state index is -3.54. The first-order valence-corrected chi connectivity index (χ1v) is 13.1. The van der Waals surface area contributed by atoms with Gasteiger partial charge in [0.05, 0.1) is 18.1 Å². The monoisotopic (exact) mass is 533 g/mol. The highest BCUT2D eigenvalue weighted by molar-refractivity contribution is 7.86. The van der Waals surface area contributed by atoms with Crippen molar-refractivity contribution < 1.29 is 13.2 Å². The van der Waals surface area contributed by atoms with Crippen molar-refractivity contribution in [2.45, 2.75) is 25.3 Å². The van der Waals surface area contributed by atoms with E-state index in [-0.39, 0.29) is 18.7 Å². The third-order valence-corrected chi connectivity index (χ3v) is 8.45. The Morgan fingerprint density at radius 2 is 1.81 bits per heavy atom. The van der Waals surface area contributed by atoms with Crippen molar-refractivity contribution >= 4 is 27.7 Å². The van der Waals surface area contributed by atoms with Gasteiger partial charge >= 0.3 is 0 Å². The number of rotatable bonds is 6. The van der Waals surface area contributed by atoms with Gasteiger partial charge in [-0.1, -0.05) is 23.7 Å². The molecule has 0 unspecified atom stereocenters. The zero-order valence-electron chi connectivity index (χ0n) is 20.5. The second-order valence-electron chi connectivity index (χ2n) is 9.24. The quantitative estimate of drug-likeness (QED) is 0.514. The summed E-state index contributed by atoms with van der Waals surface area (Å²) in [4.78, 5) is 26.8. The van der Waals surface area contributed by atoms with E-state index in [0.29, 0.717) is 34.8 Å². The maximum Gasteiger partial charge on any atom is 0.284 e. The summed E-state index contributed by atoms with van der Waals surface area (Å²) in [5.41, 5.74) is 0.153. The van der Waals surface area contributed by atoms with Crippen LogP contribution in [0.2, 0.25) is 5.02 Å². The number of halogens is 1. The summed E-state index contributed by atoms with van der Waals surface area (Å²) in [7, 11) is 1.15. The van der Waals surface area contributed by atoms with Gasteiger partial charge in [0, 0.05) is 50.4 Å². The average Bonchev–Trinajstić information content (AvgIpc) is 3.25. The van der Waals surface area contributed by atoms with E-state index in [0.717, 1.165) is 4.68 Å². The van der Waals surface area contributed by atoms with Crippen LogP contribution in [0, 0.1) is 0 Å². The molecule has 1 amide bonds. The number of carbonyl (C=O) groups excluding carboxylic acids is 1. The Labute approximate surface area is 214 Å². The predicted molar refractivity (Wildman–Crippen MR) is 136 cm³/mol. The Bertz CT molecular complexity index is 1440. The lowest BCUT2D eigenvalue weighted by Gasteiger charge is -2.39. The molecule has 0 spiro atoms. The SMILES string of the molecule is CN(C)S(=O)(=O)N1CCC(C)(NC(=O)c2cc(-c3ccc(Cl)cc3)nn(-c3cnn(C)c3)c2=O)CC1. The van der Waals surface area contributed by atoms with E-state index in [4.69, 9.17) is 11.6 Å². The molecule has 1 N–H and O–H groups in total. The number of nitrogens with one attached hydrogen (secondary N) is 1. The molecule has 36 heavy (non-hydrogen) atoms. The molecule has 0 bridgehead atoms. The molecule has 1 aliphatic rings. The first-order valence-electron chi connectivity index (χ1n) is 11.3. The summed E-state index contributed by atoms with van der Waals surface area (Å²) in [6.45, 7) is 2.36. The van der Waals surface area contributed by atoms with E-state index < -0.39 is 27.2 Å². The lowest BCUT2D eigenvalue weighted by molar-refractivity contribution is 0.0868. The molecular formula is C23H28ClN7O4S. The third-order valence-electron chi connectivity index (χ3n) is 6.26. The fraction of sp³-hybridized carbons (Fsp3) is 0.391. The second kappa shape index (κ2) is 9.77. The fourth-order valence-electron chi connectivity index (χ4n) is 4.02. The van der Waals surface area contributed by atoms with Crippen LogP contribution in [-0.4, -0.2) is 75.2 Å². The molecule has 1 saturated heterocycles. The summed E-state index contributed by atoms with van der Waals surface area (Å²) < 4.78 is 30.2. The molecule has 3 heterocycles. The van der Waals surface area contributed by atoms with Gasteiger partial charge < -0.3 is 5.32 Å². The van der Waals surface area contributed by atoms with Gasteiger partial charge in [0.15, 0.2) is 0 Å². The van der Waals surface area contributed by atoms with Crippen molar-refractivity contribution in [3.05, 3.63) is 63.7 Å². The summed E-state index contributed by atoms with van der Waals surface area (Å²) in [6, 6.07) is 8.38. The number of carbonyl (C=O) groups is 1.